The molecule has 0 aromatic heterocycles. The van der Waals surface area contributed by atoms with E-state index in [1.165, 1.54) is 51.6 Å². The van der Waals surface area contributed by atoms with E-state index in [-0.39, 0.29) is 0 Å². The second-order valence-corrected chi connectivity index (χ2v) is 9.16. The van der Waals surface area contributed by atoms with Gasteiger partial charge in [-0.05, 0) is 37.0 Å². The fourth-order valence-electron chi connectivity index (χ4n) is 3.72. The van der Waals surface area contributed by atoms with Crippen molar-refractivity contribution in [2.24, 2.45) is 11.3 Å². The Bertz CT molecular complexity index is 338. The number of rotatable bonds is 5. The lowest BCUT2D eigenvalue weighted by Crippen LogP contribution is -2.49. The first-order valence-corrected chi connectivity index (χ1v) is 9.95. The van der Waals surface area contributed by atoms with E-state index in [0.29, 0.717) is 5.41 Å². The Balaban J connectivity index is 1.57. The highest BCUT2D eigenvalue weighted by molar-refractivity contribution is 7.85. The Hall–Kier alpha value is 0.0700. The number of nitrogens with one attached hydrogen (secondary N) is 1. The summed E-state index contributed by atoms with van der Waals surface area (Å²) in [6, 6.07) is 0.820. The lowest BCUT2D eigenvalue weighted by molar-refractivity contribution is 0.0905. The molecule has 4 heteroatoms. The van der Waals surface area contributed by atoms with Crippen LogP contribution >= 0.6 is 0 Å². The molecule has 1 saturated heterocycles. The first-order chi connectivity index (χ1) is 9.65. The average molecular weight is 298 g/mol. The Morgan fingerprint density at radius 2 is 1.80 bits per heavy atom. The van der Waals surface area contributed by atoms with Crippen LogP contribution < -0.4 is 5.32 Å². The van der Waals surface area contributed by atoms with Gasteiger partial charge in [-0.1, -0.05) is 19.8 Å². The molecule has 1 N–H and O–H groups in total. The largest absolute Gasteiger partial charge is 0.313 e. The van der Waals surface area contributed by atoms with Crippen molar-refractivity contribution < 1.29 is 4.21 Å². The standard InChI is InChI=1S/C16H30N2OS/c1-14-4-6-16(7-5-14,12-17-15-2-3-15)13-18-8-10-20(19)11-9-18/h14-15,17H,2-13H2,1H3. The zero-order chi connectivity index (χ0) is 14.0. The van der Waals surface area contributed by atoms with Crippen LogP contribution in [-0.4, -0.2) is 52.8 Å². The minimum Gasteiger partial charge on any atom is -0.313 e. The maximum absolute atomic E-state index is 11.5. The van der Waals surface area contributed by atoms with Gasteiger partial charge in [0, 0.05) is 54.5 Å². The van der Waals surface area contributed by atoms with Gasteiger partial charge in [-0.15, -0.1) is 0 Å². The zero-order valence-electron chi connectivity index (χ0n) is 12.9. The Morgan fingerprint density at radius 3 is 2.40 bits per heavy atom. The maximum atomic E-state index is 11.5. The molecule has 0 aromatic rings. The molecule has 0 atom stereocenters. The molecule has 0 unspecified atom stereocenters. The van der Waals surface area contributed by atoms with Gasteiger partial charge in [-0.3, -0.25) is 4.21 Å². The van der Waals surface area contributed by atoms with Gasteiger partial charge < -0.3 is 10.2 Å². The van der Waals surface area contributed by atoms with Crippen molar-refractivity contribution in [3.63, 3.8) is 0 Å². The molecule has 1 aliphatic heterocycles. The molecule has 2 saturated carbocycles. The number of nitrogens with zero attached hydrogens (tertiary/aromatic N) is 1. The SMILES string of the molecule is CC1CCC(CNC2CC2)(CN2CCS(=O)CC2)CC1. The lowest BCUT2D eigenvalue weighted by atomic mass is 9.70. The van der Waals surface area contributed by atoms with E-state index in [1.807, 2.05) is 0 Å². The van der Waals surface area contributed by atoms with Gasteiger partial charge in [-0.2, -0.15) is 0 Å². The van der Waals surface area contributed by atoms with Crippen LogP contribution in [-0.2, 0) is 10.8 Å². The van der Waals surface area contributed by atoms with Gasteiger partial charge in [-0.25, -0.2) is 0 Å². The highest BCUT2D eigenvalue weighted by Gasteiger charge is 2.37. The molecule has 3 fully saturated rings. The van der Waals surface area contributed by atoms with Crippen LogP contribution in [0.25, 0.3) is 0 Å². The third kappa shape index (κ3) is 4.05. The Kier molecular flexibility index (Phi) is 4.83. The Labute approximate surface area is 126 Å². The molecule has 20 heavy (non-hydrogen) atoms. The summed E-state index contributed by atoms with van der Waals surface area (Å²) < 4.78 is 11.5. The van der Waals surface area contributed by atoms with Crippen LogP contribution in [0.4, 0.5) is 0 Å². The van der Waals surface area contributed by atoms with Gasteiger partial charge in [0.15, 0.2) is 0 Å². The van der Waals surface area contributed by atoms with Crippen LogP contribution in [0.3, 0.4) is 0 Å². The highest BCUT2D eigenvalue weighted by atomic mass is 32.2. The summed E-state index contributed by atoms with van der Waals surface area (Å²) in [5, 5.41) is 3.79. The molecule has 3 rings (SSSR count). The van der Waals surface area contributed by atoms with E-state index in [1.54, 1.807) is 0 Å². The van der Waals surface area contributed by atoms with Crippen molar-refractivity contribution in [3.8, 4) is 0 Å². The van der Waals surface area contributed by atoms with E-state index < -0.39 is 10.8 Å². The minimum absolute atomic E-state index is 0.494. The van der Waals surface area contributed by atoms with Crippen molar-refractivity contribution in [3.05, 3.63) is 0 Å². The summed E-state index contributed by atoms with van der Waals surface area (Å²) in [6.45, 7) is 6.95. The average Bonchev–Trinajstić information content (AvgIpc) is 3.27. The van der Waals surface area contributed by atoms with Crippen molar-refractivity contribution in [2.45, 2.75) is 51.5 Å². The first-order valence-electron chi connectivity index (χ1n) is 8.46. The van der Waals surface area contributed by atoms with Crippen molar-refractivity contribution in [1.82, 2.24) is 10.2 Å². The van der Waals surface area contributed by atoms with Crippen LogP contribution in [0.1, 0.15) is 45.4 Å². The third-order valence-corrected chi connectivity index (χ3v) is 6.78. The third-order valence-electron chi connectivity index (χ3n) is 5.51. The van der Waals surface area contributed by atoms with Crippen LogP contribution in [0.2, 0.25) is 0 Å². The minimum atomic E-state index is -0.545. The van der Waals surface area contributed by atoms with Crippen molar-refractivity contribution >= 4 is 10.8 Å². The predicted molar refractivity (Wildman–Crippen MR) is 85.4 cm³/mol. The first kappa shape index (κ1) is 15.0. The maximum Gasteiger partial charge on any atom is 0.0363 e. The van der Waals surface area contributed by atoms with E-state index in [0.717, 1.165) is 36.6 Å². The van der Waals surface area contributed by atoms with E-state index >= 15 is 0 Å². The summed E-state index contributed by atoms with van der Waals surface area (Å²) >= 11 is 0. The Morgan fingerprint density at radius 1 is 1.15 bits per heavy atom. The van der Waals surface area contributed by atoms with E-state index in [2.05, 4.69) is 17.1 Å². The fourth-order valence-corrected chi connectivity index (χ4v) is 4.85. The fraction of sp³-hybridized carbons (Fsp3) is 1.00. The summed E-state index contributed by atoms with van der Waals surface area (Å²) in [6.07, 6.45) is 8.32. The van der Waals surface area contributed by atoms with E-state index in [4.69, 9.17) is 0 Å². The highest BCUT2D eigenvalue weighted by Crippen LogP contribution is 2.40. The van der Waals surface area contributed by atoms with Gasteiger partial charge in [0.25, 0.3) is 0 Å². The van der Waals surface area contributed by atoms with Crippen molar-refractivity contribution in [1.29, 1.82) is 0 Å². The molecule has 116 valence electrons. The normalized spacial score (nSPS) is 37.1. The molecular weight excluding hydrogens is 268 g/mol. The van der Waals surface area contributed by atoms with Crippen molar-refractivity contribution in [2.75, 3.05) is 37.7 Å². The molecule has 0 bridgehead atoms. The topological polar surface area (TPSA) is 32.3 Å². The molecule has 0 spiro atoms. The smallest absolute Gasteiger partial charge is 0.0363 e. The molecule has 2 aliphatic carbocycles. The monoisotopic (exact) mass is 298 g/mol. The summed E-state index contributed by atoms with van der Waals surface area (Å²) in [5.41, 5.74) is 0.494. The lowest BCUT2D eigenvalue weighted by Gasteiger charge is -2.44. The van der Waals surface area contributed by atoms with Gasteiger partial charge in [0.2, 0.25) is 0 Å². The van der Waals surface area contributed by atoms with Gasteiger partial charge >= 0.3 is 0 Å². The number of hydrogen-bond acceptors (Lipinski definition) is 3. The molecular formula is C16H30N2OS. The second-order valence-electron chi connectivity index (χ2n) is 7.46. The summed E-state index contributed by atoms with van der Waals surface area (Å²) in [5.74, 6) is 2.70. The molecule has 3 nitrogen and oxygen atoms in total. The zero-order valence-corrected chi connectivity index (χ0v) is 13.7. The summed E-state index contributed by atoms with van der Waals surface area (Å²) in [4.78, 5) is 2.59. The van der Waals surface area contributed by atoms with E-state index in [9.17, 15) is 4.21 Å². The van der Waals surface area contributed by atoms with Crippen LogP contribution in [0.15, 0.2) is 0 Å². The molecule has 0 radical (unpaired) electrons. The van der Waals surface area contributed by atoms with Crippen LogP contribution in [0, 0.1) is 11.3 Å². The van der Waals surface area contributed by atoms with Gasteiger partial charge in [0.05, 0.1) is 0 Å². The quantitative estimate of drug-likeness (QED) is 0.842. The van der Waals surface area contributed by atoms with Gasteiger partial charge in [0.1, 0.15) is 0 Å². The second kappa shape index (κ2) is 6.45. The predicted octanol–water partition coefficient (Wildman–Crippen LogP) is 2.00. The molecule has 0 amide bonds. The summed E-state index contributed by atoms with van der Waals surface area (Å²) in [7, 11) is -0.545. The molecule has 0 aromatic carbocycles. The van der Waals surface area contributed by atoms with Crippen LogP contribution in [0.5, 0.6) is 0 Å². The molecule has 3 aliphatic rings. The number of hydrogen-bond donors (Lipinski definition) is 1. The molecule has 1 heterocycles.